The summed E-state index contributed by atoms with van der Waals surface area (Å²) in [5, 5.41) is 8.79. The lowest BCUT2D eigenvalue weighted by molar-refractivity contribution is 0.329. The second-order valence-corrected chi connectivity index (χ2v) is 8.16. The maximum absolute atomic E-state index is 12.7. The molecule has 1 fully saturated rings. The molecule has 1 aliphatic carbocycles. The molecule has 2 rings (SSSR count). The van der Waals surface area contributed by atoms with Gasteiger partial charge < -0.3 is 4.57 Å². The van der Waals surface area contributed by atoms with Crippen LogP contribution in [0.25, 0.3) is 0 Å². The summed E-state index contributed by atoms with van der Waals surface area (Å²) in [7, 11) is -3.38. The van der Waals surface area contributed by atoms with Gasteiger partial charge in [-0.25, -0.2) is 13.4 Å². The lowest BCUT2D eigenvalue weighted by atomic mass is 9.95. The molecule has 6 heteroatoms. The molecule has 0 aliphatic heterocycles. The number of nitriles is 1. The van der Waals surface area contributed by atoms with Crippen LogP contribution in [0.5, 0.6) is 0 Å². The first-order valence-corrected chi connectivity index (χ1v) is 9.77. The van der Waals surface area contributed by atoms with Crippen LogP contribution in [0.4, 0.5) is 0 Å². The number of hydrogen-bond donors (Lipinski definition) is 0. The zero-order chi connectivity index (χ0) is 16.2. The van der Waals surface area contributed by atoms with Gasteiger partial charge in [0.1, 0.15) is 0 Å². The third kappa shape index (κ3) is 3.70. The average molecular weight is 323 g/mol. The first kappa shape index (κ1) is 17.0. The Kier molecular flexibility index (Phi) is 5.63. The molecule has 1 aromatic heterocycles. The number of nitrogens with zero attached hydrogens (tertiary/aromatic N) is 3. The van der Waals surface area contributed by atoms with Crippen molar-refractivity contribution in [2.24, 2.45) is 0 Å². The lowest BCUT2D eigenvalue weighted by Crippen LogP contribution is -2.21. The normalized spacial score (nSPS) is 16.6. The van der Waals surface area contributed by atoms with Gasteiger partial charge in [0.25, 0.3) is 0 Å². The van der Waals surface area contributed by atoms with Crippen molar-refractivity contribution in [2.45, 2.75) is 76.4 Å². The maximum Gasteiger partial charge on any atom is 0.228 e. The summed E-state index contributed by atoms with van der Waals surface area (Å²) < 4.78 is 27.3. The zero-order valence-corrected chi connectivity index (χ0v) is 14.3. The topological polar surface area (TPSA) is 75.8 Å². The summed E-state index contributed by atoms with van der Waals surface area (Å²) in [4.78, 5) is 4.37. The summed E-state index contributed by atoms with van der Waals surface area (Å²) in [6, 6.07) is 2.32. The fourth-order valence-electron chi connectivity index (χ4n) is 3.17. The molecule has 5 nitrogen and oxygen atoms in total. The Bertz CT molecular complexity index is 650. The Balaban J connectivity index is 2.26. The molecule has 0 radical (unpaired) electrons. The smallest absolute Gasteiger partial charge is 0.228 e. The summed E-state index contributed by atoms with van der Waals surface area (Å²) >= 11 is 0. The van der Waals surface area contributed by atoms with Crippen LogP contribution in [0.1, 0.15) is 68.8 Å². The second kappa shape index (κ2) is 7.28. The molecule has 0 amide bonds. The maximum atomic E-state index is 12.7. The fourth-order valence-corrected chi connectivity index (χ4v) is 4.80. The van der Waals surface area contributed by atoms with Gasteiger partial charge in [0.2, 0.25) is 15.0 Å². The molecule has 0 saturated heterocycles. The number of sulfone groups is 1. The van der Waals surface area contributed by atoms with E-state index in [0.717, 1.165) is 37.1 Å². The molecule has 0 atom stereocenters. The molecule has 1 aromatic rings. The van der Waals surface area contributed by atoms with Gasteiger partial charge in [-0.3, -0.25) is 0 Å². The van der Waals surface area contributed by atoms with Gasteiger partial charge >= 0.3 is 0 Å². The van der Waals surface area contributed by atoms with E-state index in [9.17, 15) is 8.42 Å². The van der Waals surface area contributed by atoms with E-state index in [1.807, 2.05) is 18.4 Å². The minimum atomic E-state index is -3.38. The van der Waals surface area contributed by atoms with Crippen LogP contribution in [0, 0.1) is 25.2 Å². The Hall–Kier alpha value is -1.35. The van der Waals surface area contributed by atoms with Crippen LogP contribution >= 0.6 is 0 Å². The van der Waals surface area contributed by atoms with Crippen molar-refractivity contribution < 1.29 is 8.42 Å². The molecule has 1 aliphatic rings. The lowest BCUT2D eigenvalue weighted by Gasteiger charge is -2.26. The van der Waals surface area contributed by atoms with E-state index in [1.54, 1.807) is 0 Å². The van der Waals surface area contributed by atoms with Crippen molar-refractivity contribution in [1.29, 1.82) is 5.26 Å². The third-order valence-electron chi connectivity index (χ3n) is 4.52. The van der Waals surface area contributed by atoms with Crippen LogP contribution < -0.4 is 0 Å². The molecule has 1 saturated carbocycles. The van der Waals surface area contributed by atoms with Crippen LogP contribution in [-0.4, -0.2) is 23.7 Å². The minimum absolute atomic E-state index is 0.0806. The van der Waals surface area contributed by atoms with Crippen LogP contribution in [0.15, 0.2) is 5.16 Å². The molecule has 22 heavy (non-hydrogen) atoms. The van der Waals surface area contributed by atoms with Crippen molar-refractivity contribution in [2.75, 3.05) is 5.75 Å². The van der Waals surface area contributed by atoms with Gasteiger partial charge in [0, 0.05) is 18.2 Å². The van der Waals surface area contributed by atoms with E-state index in [0.29, 0.717) is 19.3 Å². The molecule has 0 unspecified atom stereocenters. The highest BCUT2D eigenvalue weighted by molar-refractivity contribution is 7.91. The Morgan fingerprint density at radius 3 is 2.55 bits per heavy atom. The van der Waals surface area contributed by atoms with Gasteiger partial charge in [-0.1, -0.05) is 19.3 Å². The van der Waals surface area contributed by atoms with Gasteiger partial charge in [-0.05, 0) is 39.5 Å². The van der Waals surface area contributed by atoms with Crippen molar-refractivity contribution in [3.63, 3.8) is 0 Å². The standard InChI is InChI=1S/C16H25N3O2S/c1-13-14(2)19(15-9-5-3-6-10-15)16(18-13)22(20,21)12-8-4-7-11-17/h15H,3-10,12H2,1-2H3. The Morgan fingerprint density at radius 2 is 1.91 bits per heavy atom. The number of rotatable bonds is 6. The minimum Gasteiger partial charge on any atom is -0.316 e. The third-order valence-corrected chi connectivity index (χ3v) is 6.19. The summed E-state index contributed by atoms with van der Waals surface area (Å²) in [6.45, 7) is 3.84. The Morgan fingerprint density at radius 1 is 1.23 bits per heavy atom. The van der Waals surface area contributed by atoms with Gasteiger partial charge in [0.15, 0.2) is 0 Å². The first-order chi connectivity index (χ1) is 10.5. The molecule has 1 heterocycles. The van der Waals surface area contributed by atoms with E-state index >= 15 is 0 Å². The van der Waals surface area contributed by atoms with Gasteiger partial charge in [0.05, 0.1) is 17.5 Å². The predicted molar refractivity (Wildman–Crippen MR) is 85.3 cm³/mol. The van der Waals surface area contributed by atoms with Crippen LogP contribution in [0.2, 0.25) is 0 Å². The van der Waals surface area contributed by atoms with Gasteiger partial charge in [-0.15, -0.1) is 0 Å². The summed E-state index contributed by atoms with van der Waals surface area (Å²) in [5.41, 5.74) is 1.78. The summed E-state index contributed by atoms with van der Waals surface area (Å²) in [6.07, 6.45) is 7.17. The van der Waals surface area contributed by atoms with E-state index in [1.165, 1.54) is 6.42 Å². The van der Waals surface area contributed by atoms with Crippen molar-refractivity contribution >= 4 is 9.84 Å². The number of aryl methyl sites for hydroxylation is 1. The van der Waals surface area contributed by atoms with E-state index < -0.39 is 9.84 Å². The van der Waals surface area contributed by atoms with Crippen LogP contribution in [0.3, 0.4) is 0 Å². The van der Waals surface area contributed by atoms with E-state index in [-0.39, 0.29) is 17.0 Å². The zero-order valence-electron chi connectivity index (χ0n) is 13.5. The highest BCUT2D eigenvalue weighted by atomic mass is 32.2. The molecule has 0 N–H and O–H groups in total. The van der Waals surface area contributed by atoms with Crippen molar-refractivity contribution in [3.05, 3.63) is 11.4 Å². The Labute approximate surface area is 133 Å². The molecular weight excluding hydrogens is 298 g/mol. The fraction of sp³-hybridized carbons (Fsp3) is 0.750. The number of unbranched alkanes of at least 4 members (excludes halogenated alkanes) is 2. The first-order valence-electron chi connectivity index (χ1n) is 8.12. The van der Waals surface area contributed by atoms with E-state index in [4.69, 9.17) is 5.26 Å². The SMILES string of the molecule is Cc1nc(S(=O)(=O)CCCCC#N)n(C2CCCCC2)c1C. The van der Waals surface area contributed by atoms with Gasteiger partial charge in [-0.2, -0.15) is 5.26 Å². The largest absolute Gasteiger partial charge is 0.316 e. The number of imidazole rings is 1. The average Bonchev–Trinajstić information content (AvgIpc) is 2.81. The number of hydrogen-bond acceptors (Lipinski definition) is 4. The number of aromatic nitrogens is 2. The monoisotopic (exact) mass is 323 g/mol. The molecule has 0 bridgehead atoms. The highest BCUT2D eigenvalue weighted by Gasteiger charge is 2.28. The van der Waals surface area contributed by atoms with Crippen molar-refractivity contribution in [1.82, 2.24) is 9.55 Å². The van der Waals surface area contributed by atoms with Crippen LogP contribution in [-0.2, 0) is 9.84 Å². The van der Waals surface area contributed by atoms with E-state index in [2.05, 4.69) is 11.1 Å². The molecule has 0 spiro atoms. The summed E-state index contributed by atoms with van der Waals surface area (Å²) in [5.74, 6) is 0.0806. The molecular formula is C16H25N3O2S. The molecule has 0 aromatic carbocycles. The van der Waals surface area contributed by atoms with Crippen molar-refractivity contribution in [3.8, 4) is 6.07 Å². The quantitative estimate of drug-likeness (QED) is 0.751. The molecule has 122 valence electrons. The highest BCUT2D eigenvalue weighted by Crippen LogP contribution is 2.32. The second-order valence-electron chi connectivity index (χ2n) is 6.16. The predicted octanol–water partition coefficient (Wildman–Crippen LogP) is 3.47.